The lowest BCUT2D eigenvalue weighted by Crippen LogP contribution is -2.22. The monoisotopic (exact) mass is 340 g/mol. The summed E-state index contributed by atoms with van der Waals surface area (Å²) in [6, 6.07) is 13.7. The van der Waals surface area contributed by atoms with E-state index in [1.165, 1.54) is 6.92 Å². The van der Waals surface area contributed by atoms with Crippen molar-refractivity contribution in [1.29, 1.82) is 0 Å². The number of anilines is 3. The lowest BCUT2D eigenvalue weighted by Gasteiger charge is -2.09. The molecule has 0 spiro atoms. The third-order valence-corrected chi connectivity index (χ3v) is 3.29. The molecule has 2 aromatic rings. The van der Waals surface area contributed by atoms with Gasteiger partial charge in [0.25, 0.3) is 5.91 Å². The Hall–Kier alpha value is -3.35. The maximum Gasteiger partial charge on any atom is 0.251 e. The van der Waals surface area contributed by atoms with E-state index in [1.54, 1.807) is 55.6 Å². The van der Waals surface area contributed by atoms with Crippen molar-refractivity contribution in [3.05, 3.63) is 54.1 Å². The Morgan fingerprint density at radius 3 is 2.12 bits per heavy atom. The molecular weight excluding hydrogens is 320 g/mol. The third-order valence-electron chi connectivity index (χ3n) is 3.29. The van der Waals surface area contributed by atoms with Gasteiger partial charge in [-0.1, -0.05) is 6.07 Å². The van der Waals surface area contributed by atoms with Crippen molar-refractivity contribution in [2.75, 3.05) is 29.5 Å². The highest BCUT2D eigenvalue weighted by atomic mass is 16.2. The molecule has 7 heteroatoms. The van der Waals surface area contributed by atoms with Gasteiger partial charge in [-0.25, -0.2) is 0 Å². The zero-order valence-corrected chi connectivity index (χ0v) is 14.1. The second-order valence-corrected chi connectivity index (χ2v) is 5.32. The molecule has 0 aliphatic carbocycles. The molecule has 4 N–H and O–H groups in total. The lowest BCUT2D eigenvalue weighted by molar-refractivity contribution is -0.115. The zero-order chi connectivity index (χ0) is 18.2. The number of nitrogens with one attached hydrogen (secondary N) is 4. The molecule has 0 aliphatic rings. The molecule has 0 saturated carbocycles. The van der Waals surface area contributed by atoms with Gasteiger partial charge < -0.3 is 21.3 Å². The Kier molecular flexibility index (Phi) is 6.11. The highest BCUT2D eigenvalue weighted by molar-refractivity contribution is 5.96. The highest BCUT2D eigenvalue weighted by Gasteiger charge is 2.06. The summed E-state index contributed by atoms with van der Waals surface area (Å²) >= 11 is 0. The molecule has 7 nitrogen and oxygen atoms in total. The smallest absolute Gasteiger partial charge is 0.251 e. The van der Waals surface area contributed by atoms with E-state index in [4.69, 9.17) is 0 Å². The molecule has 3 amide bonds. The lowest BCUT2D eigenvalue weighted by atomic mass is 10.2. The second kappa shape index (κ2) is 8.49. The van der Waals surface area contributed by atoms with Gasteiger partial charge in [0.2, 0.25) is 11.8 Å². The number of hydrogen-bond acceptors (Lipinski definition) is 4. The van der Waals surface area contributed by atoms with Crippen molar-refractivity contribution in [2.24, 2.45) is 0 Å². The van der Waals surface area contributed by atoms with Gasteiger partial charge >= 0.3 is 0 Å². The summed E-state index contributed by atoms with van der Waals surface area (Å²) in [4.78, 5) is 34.6. The minimum absolute atomic E-state index is 0.0602. The number of amides is 3. The number of carbonyl (C=O) groups excluding carboxylic acids is 3. The summed E-state index contributed by atoms with van der Waals surface area (Å²) in [6.45, 7) is 1.49. The average Bonchev–Trinajstić information content (AvgIpc) is 2.61. The molecule has 2 rings (SSSR count). The van der Waals surface area contributed by atoms with Gasteiger partial charge in [0.1, 0.15) is 0 Å². The first-order valence-electron chi connectivity index (χ1n) is 7.71. The number of benzene rings is 2. The van der Waals surface area contributed by atoms with Crippen molar-refractivity contribution in [2.45, 2.75) is 6.92 Å². The van der Waals surface area contributed by atoms with Crippen molar-refractivity contribution < 1.29 is 14.4 Å². The van der Waals surface area contributed by atoms with E-state index in [0.717, 1.165) is 0 Å². The van der Waals surface area contributed by atoms with Crippen LogP contribution in [0.25, 0.3) is 0 Å². The predicted octanol–water partition coefficient (Wildman–Crippen LogP) is 2.06. The number of rotatable bonds is 6. The minimum Gasteiger partial charge on any atom is -0.376 e. The van der Waals surface area contributed by atoms with Gasteiger partial charge in [-0.2, -0.15) is 0 Å². The van der Waals surface area contributed by atoms with E-state index in [9.17, 15) is 14.4 Å². The van der Waals surface area contributed by atoms with Crippen LogP contribution in [0.4, 0.5) is 17.1 Å². The average molecular weight is 340 g/mol. The van der Waals surface area contributed by atoms with Gasteiger partial charge in [0, 0.05) is 36.6 Å². The largest absolute Gasteiger partial charge is 0.376 e. The molecule has 0 atom stereocenters. The summed E-state index contributed by atoms with van der Waals surface area (Å²) in [6.07, 6.45) is 0. The first-order chi connectivity index (χ1) is 12.0. The van der Waals surface area contributed by atoms with Crippen molar-refractivity contribution >= 4 is 34.8 Å². The van der Waals surface area contributed by atoms with Crippen LogP contribution in [0.3, 0.4) is 0 Å². The van der Waals surface area contributed by atoms with Crippen LogP contribution in [0.2, 0.25) is 0 Å². The topological polar surface area (TPSA) is 99.3 Å². The molecule has 0 fully saturated rings. The van der Waals surface area contributed by atoms with Gasteiger partial charge in [-0.3, -0.25) is 14.4 Å². The van der Waals surface area contributed by atoms with Gasteiger partial charge in [-0.05, 0) is 42.5 Å². The Morgan fingerprint density at radius 2 is 1.52 bits per heavy atom. The van der Waals surface area contributed by atoms with E-state index < -0.39 is 0 Å². The summed E-state index contributed by atoms with van der Waals surface area (Å²) in [7, 11) is 1.56. The first-order valence-corrected chi connectivity index (χ1v) is 7.71. The summed E-state index contributed by atoms with van der Waals surface area (Å²) in [5.41, 5.74) is 2.48. The van der Waals surface area contributed by atoms with Crippen molar-refractivity contribution in [3.8, 4) is 0 Å². The standard InChI is InChI=1S/C18H20N4O3/c1-12(23)21-14-6-8-15(9-7-14)22-17(24)11-20-16-5-3-4-13(10-16)18(25)19-2/h3-10,20H,11H2,1-2H3,(H,19,25)(H,21,23)(H,22,24). The molecule has 0 aliphatic heterocycles. The first kappa shape index (κ1) is 18.0. The quantitative estimate of drug-likeness (QED) is 0.647. The van der Waals surface area contributed by atoms with E-state index in [2.05, 4.69) is 21.3 Å². The Bertz CT molecular complexity index is 772. The van der Waals surface area contributed by atoms with Crippen LogP contribution in [0.5, 0.6) is 0 Å². The summed E-state index contributed by atoms with van der Waals surface area (Å²) in [5, 5.41) is 10.9. The predicted molar refractivity (Wildman–Crippen MR) is 97.7 cm³/mol. The normalized spacial score (nSPS) is 9.84. The van der Waals surface area contributed by atoms with Gasteiger partial charge in [0.05, 0.1) is 6.54 Å². The Morgan fingerprint density at radius 1 is 0.880 bits per heavy atom. The molecule has 0 aromatic heterocycles. The maximum absolute atomic E-state index is 12.0. The van der Waals surface area contributed by atoms with Crippen LogP contribution in [0, 0.1) is 0 Å². The molecule has 0 saturated heterocycles. The van der Waals surface area contributed by atoms with Crippen LogP contribution < -0.4 is 21.3 Å². The Labute approximate surface area is 145 Å². The number of hydrogen-bond donors (Lipinski definition) is 4. The third kappa shape index (κ3) is 5.65. The van der Waals surface area contributed by atoms with Gasteiger partial charge in [0.15, 0.2) is 0 Å². The molecule has 0 unspecified atom stereocenters. The summed E-state index contributed by atoms with van der Waals surface area (Å²) in [5.74, 6) is -0.565. The molecule has 2 aromatic carbocycles. The van der Waals surface area contributed by atoms with E-state index in [0.29, 0.717) is 22.6 Å². The SMILES string of the molecule is CNC(=O)c1cccc(NCC(=O)Nc2ccc(NC(C)=O)cc2)c1. The van der Waals surface area contributed by atoms with Crippen LogP contribution in [0.15, 0.2) is 48.5 Å². The molecular formula is C18H20N4O3. The Balaban J connectivity index is 1.88. The fraction of sp³-hybridized carbons (Fsp3) is 0.167. The fourth-order valence-corrected chi connectivity index (χ4v) is 2.14. The minimum atomic E-state index is -0.224. The summed E-state index contributed by atoms with van der Waals surface area (Å²) < 4.78 is 0. The van der Waals surface area contributed by atoms with Crippen molar-refractivity contribution in [3.63, 3.8) is 0 Å². The van der Waals surface area contributed by atoms with Gasteiger partial charge in [-0.15, -0.1) is 0 Å². The second-order valence-electron chi connectivity index (χ2n) is 5.32. The highest BCUT2D eigenvalue weighted by Crippen LogP contribution is 2.14. The number of carbonyl (C=O) groups is 3. The molecule has 0 radical (unpaired) electrons. The maximum atomic E-state index is 12.0. The van der Waals surface area contributed by atoms with E-state index >= 15 is 0 Å². The fourth-order valence-electron chi connectivity index (χ4n) is 2.14. The molecule has 25 heavy (non-hydrogen) atoms. The van der Waals surface area contributed by atoms with Crippen LogP contribution in [-0.2, 0) is 9.59 Å². The molecule has 130 valence electrons. The van der Waals surface area contributed by atoms with E-state index in [-0.39, 0.29) is 24.3 Å². The van der Waals surface area contributed by atoms with E-state index in [1.807, 2.05) is 0 Å². The van der Waals surface area contributed by atoms with Crippen LogP contribution in [-0.4, -0.2) is 31.3 Å². The van der Waals surface area contributed by atoms with Crippen molar-refractivity contribution in [1.82, 2.24) is 5.32 Å². The molecule has 0 bridgehead atoms. The molecule has 0 heterocycles. The van der Waals surface area contributed by atoms with Crippen LogP contribution in [0.1, 0.15) is 17.3 Å². The zero-order valence-electron chi connectivity index (χ0n) is 14.1. The van der Waals surface area contributed by atoms with Crippen LogP contribution >= 0.6 is 0 Å².